The lowest BCUT2D eigenvalue weighted by atomic mass is 10.1. The monoisotopic (exact) mass is 428 g/mol. The maximum absolute atomic E-state index is 12.0. The molecule has 31 heavy (non-hydrogen) atoms. The molecule has 2 aromatic rings. The SMILES string of the molecule is COc1ccc(C(=O)NCCNC(=O)CCCOc2ccc(C(C)=O)cc2OC)cc1. The number of hydrogen-bond acceptors (Lipinski definition) is 6. The number of carbonyl (C=O) groups is 3. The summed E-state index contributed by atoms with van der Waals surface area (Å²) < 4.78 is 16.0. The maximum atomic E-state index is 12.0. The van der Waals surface area contributed by atoms with Crippen molar-refractivity contribution >= 4 is 17.6 Å². The fourth-order valence-electron chi connectivity index (χ4n) is 2.73. The van der Waals surface area contributed by atoms with Crippen molar-refractivity contribution in [1.29, 1.82) is 0 Å². The van der Waals surface area contributed by atoms with Crippen LogP contribution in [0.2, 0.25) is 0 Å². The number of ether oxygens (including phenoxy) is 3. The summed E-state index contributed by atoms with van der Waals surface area (Å²) >= 11 is 0. The van der Waals surface area contributed by atoms with Crippen LogP contribution < -0.4 is 24.8 Å². The summed E-state index contributed by atoms with van der Waals surface area (Å²) in [7, 11) is 3.07. The molecule has 2 aromatic carbocycles. The average Bonchev–Trinajstić information content (AvgIpc) is 2.79. The maximum Gasteiger partial charge on any atom is 0.251 e. The van der Waals surface area contributed by atoms with Crippen LogP contribution in [0.15, 0.2) is 42.5 Å². The Morgan fingerprint density at radius 3 is 2.16 bits per heavy atom. The molecule has 0 aliphatic heterocycles. The predicted octanol–water partition coefficient (Wildman–Crippen LogP) is 2.61. The number of Topliss-reactive ketones (excluding diaryl/α,β-unsaturated/α-hetero) is 1. The Morgan fingerprint density at radius 2 is 1.52 bits per heavy atom. The van der Waals surface area contributed by atoms with Gasteiger partial charge in [-0.1, -0.05) is 0 Å². The Labute approximate surface area is 181 Å². The molecule has 0 spiro atoms. The third-order valence-corrected chi connectivity index (χ3v) is 4.46. The fourth-order valence-corrected chi connectivity index (χ4v) is 2.73. The minimum atomic E-state index is -0.213. The van der Waals surface area contributed by atoms with Gasteiger partial charge >= 0.3 is 0 Å². The van der Waals surface area contributed by atoms with E-state index in [9.17, 15) is 14.4 Å². The molecule has 0 aromatic heterocycles. The normalized spacial score (nSPS) is 10.2. The molecular weight excluding hydrogens is 400 g/mol. The zero-order valence-electron chi connectivity index (χ0n) is 18.0. The summed E-state index contributed by atoms with van der Waals surface area (Å²) in [6.45, 7) is 2.48. The summed E-state index contributed by atoms with van der Waals surface area (Å²) in [6, 6.07) is 11.8. The van der Waals surface area contributed by atoms with E-state index in [4.69, 9.17) is 14.2 Å². The summed E-state index contributed by atoms with van der Waals surface area (Å²) in [6.07, 6.45) is 0.807. The third-order valence-electron chi connectivity index (χ3n) is 4.46. The molecule has 0 saturated carbocycles. The smallest absolute Gasteiger partial charge is 0.251 e. The number of nitrogens with one attached hydrogen (secondary N) is 2. The highest BCUT2D eigenvalue weighted by molar-refractivity contribution is 5.95. The predicted molar refractivity (Wildman–Crippen MR) is 116 cm³/mol. The van der Waals surface area contributed by atoms with Crippen LogP contribution in [0.3, 0.4) is 0 Å². The van der Waals surface area contributed by atoms with Crippen LogP contribution in [0.25, 0.3) is 0 Å². The standard InChI is InChI=1S/C23H28N2O6/c1-16(26)18-8-11-20(21(15-18)30-3)31-14-4-5-22(27)24-12-13-25-23(28)17-6-9-19(29-2)10-7-17/h6-11,15H,4-5,12-14H2,1-3H3,(H,24,27)(H,25,28). The average molecular weight is 428 g/mol. The molecular formula is C23H28N2O6. The van der Waals surface area contributed by atoms with Gasteiger partial charge in [-0.2, -0.15) is 0 Å². The van der Waals surface area contributed by atoms with Gasteiger partial charge in [-0.3, -0.25) is 14.4 Å². The second kappa shape index (κ2) is 12.2. The lowest BCUT2D eigenvalue weighted by Crippen LogP contribution is -2.34. The Hall–Kier alpha value is -3.55. The summed E-state index contributed by atoms with van der Waals surface area (Å²) in [4.78, 5) is 35.4. The molecule has 0 aliphatic rings. The first-order valence-corrected chi connectivity index (χ1v) is 9.95. The van der Waals surface area contributed by atoms with Gasteiger partial charge in [0.1, 0.15) is 5.75 Å². The lowest BCUT2D eigenvalue weighted by molar-refractivity contribution is -0.121. The molecule has 0 atom stereocenters. The van der Waals surface area contributed by atoms with Crippen molar-refractivity contribution in [2.45, 2.75) is 19.8 Å². The van der Waals surface area contributed by atoms with Gasteiger partial charge in [0.2, 0.25) is 5.91 Å². The molecule has 0 unspecified atom stereocenters. The minimum Gasteiger partial charge on any atom is -0.497 e. The van der Waals surface area contributed by atoms with Crippen LogP contribution in [0.1, 0.15) is 40.5 Å². The molecule has 0 radical (unpaired) electrons. The van der Waals surface area contributed by atoms with E-state index < -0.39 is 0 Å². The minimum absolute atomic E-state index is 0.0540. The Bertz CT molecular complexity index is 895. The lowest BCUT2D eigenvalue weighted by Gasteiger charge is -2.11. The Balaban J connectivity index is 1.63. The largest absolute Gasteiger partial charge is 0.497 e. The highest BCUT2D eigenvalue weighted by atomic mass is 16.5. The van der Waals surface area contributed by atoms with Gasteiger partial charge in [0.05, 0.1) is 20.8 Å². The molecule has 2 amide bonds. The van der Waals surface area contributed by atoms with Crippen LogP contribution in [-0.4, -0.2) is 51.5 Å². The first-order valence-electron chi connectivity index (χ1n) is 9.95. The van der Waals surface area contributed by atoms with Crippen LogP contribution >= 0.6 is 0 Å². The van der Waals surface area contributed by atoms with Crippen molar-refractivity contribution in [3.8, 4) is 17.2 Å². The summed E-state index contributed by atoms with van der Waals surface area (Å²) in [5.41, 5.74) is 1.07. The number of ketones is 1. The zero-order chi connectivity index (χ0) is 22.6. The molecule has 0 heterocycles. The molecule has 8 heteroatoms. The number of amides is 2. The van der Waals surface area contributed by atoms with E-state index in [1.54, 1.807) is 49.6 Å². The molecule has 166 valence electrons. The second-order valence-electron chi connectivity index (χ2n) is 6.71. The molecule has 2 N–H and O–H groups in total. The van der Waals surface area contributed by atoms with Crippen molar-refractivity contribution in [2.24, 2.45) is 0 Å². The van der Waals surface area contributed by atoms with Crippen LogP contribution in [0, 0.1) is 0 Å². The number of benzene rings is 2. The third kappa shape index (κ3) is 7.65. The first kappa shape index (κ1) is 23.7. The molecule has 0 fully saturated rings. The number of rotatable bonds is 12. The van der Waals surface area contributed by atoms with Crippen molar-refractivity contribution < 1.29 is 28.6 Å². The zero-order valence-corrected chi connectivity index (χ0v) is 18.0. The highest BCUT2D eigenvalue weighted by Crippen LogP contribution is 2.28. The number of methoxy groups -OCH3 is 2. The van der Waals surface area contributed by atoms with Gasteiger partial charge in [-0.25, -0.2) is 0 Å². The van der Waals surface area contributed by atoms with Crippen molar-refractivity contribution in [3.63, 3.8) is 0 Å². The fraction of sp³-hybridized carbons (Fsp3) is 0.348. The molecule has 8 nitrogen and oxygen atoms in total. The highest BCUT2D eigenvalue weighted by Gasteiger charge is 2.09. The second-order valence-corrected chi connectivity index (χ2v) is 6.71. The quantitative estimate of drug-likeness (QED) is 0.398. The topological polar surface area (TPSA) is 103 Å². The van der Waals surface area contributed by atoms with E-state index in [2.05, 4.69) is 10.6 Å². The van der Waals surface area contributed by atoms with Crippen molar-refractivity contribution in [2.75, 3.05) is 33.9 Å². The van der Waals surface area contributed by atoms with E-state index in [-0.39, 0.29) is 17.6 Å². The molecule has 0 saturated heterocycles. The number of carbonyl (C=O) groups excluding carboxylic acids is 3. The van der Waals surface area contributed by atoms with Gasteiger partial charge in [-0.15, -0.1) is 0 Å². The van der Waals surface area contributed by atoms with E-state index >= 15 is 0 Å². The summed E-state index contributed by atoms with van der Waals surface area (Å²) in [5.74, 6) is 1.29. The van der Waals surface area contributed by atoms with Gasteiger partial charge in [0.25, 0.3) is 5.91 Å². The van der Waals surface area contributed by atoms with E-state index in [1.165, 1.54) is 14.0 Å². The van der Waals surface area contributed by atoms with Crippen molar-refractivity contribution in [1.82, 2.24) is 10.6 Å². The molecule has 0 bridgehead atoms. The van der Waals surface area contributed by atoms with Crippen LogP contribution in [0.5, 0.6) is 17.2 Å². The van der Waals surface area contributed by atoms with Gasteiger partial charge in [-0.05, 0) is 55.8 Å². The number of hydrogen-bond donors (Lipinski definition) is 2. The van der Waals surface area contributed by atoms with E-state index in [0.717, 1.165) is 0 Å². The van der Waals surface area contributed by atoms with E-state index in [1.807, 2.05) is 0 Å². The Kier molecular flexibility index (Phi) is 9.35. The van der Waals surface area contributed by atoms with E-state index in [0.29, 0.717) is 60.9 Å². The summed E-state index contributed by atoms with van der Waals surface area (Å²) in [5, 5.41) is 5.51. The first-order chi connectivity index (χ1) is 14.9. The van der Waals surface area contributed by atoms with Crippen LogP contribution in [0.4, 0.5) is 0 Å². The van der Waals surface area contributed by atoms with Gasteiger partial charge in [0.15, 0.2) is 17.3 Å². The van der Waals surface area contributed by atoms with Crippen molar-refractivity contribution in [3.05, 3.63) is 53.6 Å². The van der Waals surface area contributed by atoms with Crippen LogP contribution in [-0.2, 0) is 4.79 Å². The van der Waals surface area contributed by atoms with Gasteiger partial charge in [0, 0.05) is 30.6 Å². The molecule has 2 rings (SSSR count). The Morgan fingerprint density at radius 1 is 0.839 bits per heavy atom. The van der Waals surface area contributed by atoms with Gasteiger partial charge < -0.3 is 24.8 Å². The molecule has 0 aliphatic carbocycles.